The largest absolute Gasteiger partial charge is 0.386 e. The van der Waals surface area contributed by atoms with Crippen molar-refractivity contribution in [2.45, 2.75) is 0 Å². The minimum atomic E-state index is -0.288. The molecule has 0 atom stereocenters. The zero-order valence-electron chi connectivity index (χ0n) is 11.6. The molecule has 2 aromatic carbocycles. The molecule has 0 saturated heterocycles. The van der Waals surface area contributed by atoms with Gasteiger partial charge in [0, 0.05) is 12.6 Å². The molecule has 0 radical (unpaired) electrons. The molecule has 0 bridgehead atoms. The molecule has 0 heterocycles. The van der Waals surface area contributed by atoms with Crippen LogP contribution in [0.3, 0.4) is 0 Å². The van der Waals surface area contributed by atoms with E-state index in [4.69, 9.17) is 35.4 Å². The van der Waals surface area contributed by atoms with Gasteiger partial charge in [0.25, 0.3) is 5.91 Å². The topological polar surface area (TPSA) is 53.2 Å². The predicted molar refractivity (Wildman–Crippen MR) is 96.1 cm³/mol. The van der Waals surface area contributed by atoms with E-state index in [1.807, 2.05) is 6.07 Å². The smallest absolute Gasteiger partial charge is 0.257 e. The Hall–Kier alpha value is -1.82. The van der Waals surface area contributed by atoms with Crippen LogP contribution in [-0.4, -0.2) is 18.1 Å². The normalized spacial score (nSPS) is 9.95. The molecule has 0 unspecified atom stereocenters. The number of rotatable bonds is 3. The highest BCUT2D eigenvalue weighted by molar-refractivity contribution is 7.80. The van der Waals surface area contributed by atoms with Gasteiger partial charge >= 0.3 is 0 Å². The maximum absolute atomic E-state index is 12.0. The number of hydrogen-bond acceptors (Lipinski definition) is 3. The van der Waals surface area contributed by atoms with Gasteiger partial charge in [0.05, 0.1) is 21.4 Å². The number of hydrogen-bond donors (Lipinski definition) is 3. The van der Waals surface area contributed by atoms with Gasteiger partial charge in [0.1, 0.15) is 0 Å². The van der Waals surface area contributed by atoms with E-state index in [1.54, 1.807) is 43.4 Å². The number of carbonyl (C=O) groups excluding carboxylic acids is 1. The fraction of sp³-hybridized carbons (Fsp3) is 0.0667. The predicted octanol–water partition coefficient (Wildman–Crippen LogP) is 4.16. The summed E-state index contributed by atoms with van der Waals surface area (Å²) in [5.74, 6) is -0.288. The van der Waals surface area contributed by atoms with Crippen molar-refractivity contribution in [1.29, 1.82) is 0 Å². The van der Waals surface area contributed by atoms with Crippen molar-refractivity contribution in [3.8, 4) is 0 Å². The molecule has 114 valence electrons. The van der Waals surface area contributed by atoms with Crippen molar-refractivity contribution in [1.82, 2.24) is 5.32 Å². The maximum atomic E-state index is 12.0. The van der Waals surface area contributed by atoms with Gasteiger partial charge in [0.15, 0.2) is 5.11 Å². The molecule has 22 heavy (non-hydrogen) atoms. The molecule has 0 aromatic heterocycles. The number of amides is 1. The lowest BCUT2D eigenvalue weighted by Gasteiger charge is -2.14. The third-order valence-electron chi connectivity index (χ3n) is 2.84. The number of nitrogens with one attached hydrogen (secondary N) is 3. The van der Waals surface area contributed by atoms with Gasteiger partial charge in [-0.3, -0.25) is 10.1 Å². The Morgan fingerprint density at radius 1 is 1.05 bits per heavy atom. The molecule has 0 fully saturated rings. The highest BCUT2D eigenvalue weighted by Crippen LogP contribution is 2.32. The van der Waals surface area contributed by atoms with Crippen molar-refractivity contribution in [3.63, 3.8) is 0 Å². The van der Waals surface area contributed by atoms with E-state index in [0.717, 1.165) is 0 Å². The van der Waals surface area contributed by atoms with Gasteiger partial charge < -0.3 is 10.6 Å². The van der Waals surface area contributed by atoms with Gasteiger partial charge in [0.2, 0.25) is 0 Å². The summed E-state index contributed by atoms with van der Waals surface area (Å²) >= 11 is 17.1. The van der Waals surface area contributed by atoms with Crippen LogP contribution in [-0.2, 0) is 0 Å². The monoisotopic (exact) mass is 353 g/mol. The van der Waals surface area contributed by atoms with E-state index in [1.165, 1.54) is 0 Å². The zero-order valence-corrected chi connectivity index (χ0v) is 13.9. The molecular weight excluding hydrogens is 341 g/mol. The lowest BCUT2D eigenvalue weighted by Crippen LogP contribution is -2.34. The van der Waals surface area contributed by atoms with Crippen LogP contribution in [0, 0.1) is 0 Å². The molecule has 2 aromatic rings. The van der Waals surface area contributed by atoms with Gasteiger partial charge in [-0.2, -0.15) is 0 Å². The molecule has 0 aliphatic carbocycles. The van der Waals surface area contributed by atoms with E-state index in [9.17, 15) is 4.79 Å². The quantitative estimate of drug-likeness (QED) is 0.725. The second-order valence-electron chi connectivity index (χ2n) is 4.34. The van der Waals surface area contributed by atoms with Crippen molar-refractivity contribution < 1.29 is 4.79 Å². The van der Waals surface area contributed by atoms with Crippen molar-refractivity contribution in [2.24, 2.45) is 0 Å². The Balaban J connectivity index is 2.09. The first kappa shape index (κ1) is 16.5. The number of anilines is 2. The minimum absolute atomic E-state index is 0.170. The van der Waals surface area contributed by atoms with Gasteiger partial charge in [-0.15, -0.1) is 0 Å². The number of benzene rings is 2. The summed E-state index contributed by atoms with van der Waals surface area (Å²) in [7, 11) is 1.75. The molecule has 2 rings (SSSR count). The fourth-order valence-electron chi connectivity index (χ4n) is 1.78. The lowest BCUT2D eigenvalue weighted by atomic mass is 10.2. The fourth-order valence-corrected chi connectivity index (χ4v) is 2.31. The van der Waals surface area contributed by atoms with Crippen LogP contribution >= 0.6 is 35.4 Å². The summed E-state index contributed by atoms with van der Waals surface area (Å²) < 4.78 is 0. The molecule has 1 amide bonds. The second-order valence-corrected chi connectivity index (χ2v) is 5.56. The van der Waals surface area contributed by atoms with Crippen LogP contribution < -0.4 is 16.0 Å². The van der Waals surface area contributed by atoms with Crippen LogP contribution in [0.1, 0.15) is 10.4 Å². The van der Waals surface area contributed by atoms with Crippen molar-refractivity contribution in [3.05, 3.63) is 58.1 Å². The summed E-state index contributed by atoms with van der Waals surface area (Å²) in [5.41, 5.74) is 1.86. The number of thiocarbonyl (C=S) groups is 1. The van der Waals surface area contributed by atoms with E-state index in [-0.39, 0.29) is 11.0 Å². The van der Waals surface area contributed by atoms with Crippen LogP contribution in [0.25, 0.3) is 0 Å². The average molecular weight is 354 g/mol. The SMILES string of the molecule is CNc1cc(Cl)c(Cl)cc1NC(=S)NC(=O)c1ccccc1. The van der Waals surface area contributed by atoms with Gasteiger partial charge in [-0.1, -0.05) is 41.4 Å². The summed E-state index contributed by atoms with van der Waals surface area (Å²) in [6, 6.07) is 12.1. The summed E-state index contributed by atoms with van der Waals surface area (Å²) in [5, 5.41) is 9.49. The van der Waals surface area contributed by atoms with E-state index in [0.29, 0.717) is 27.0 Å². The molecule has 0 saturated carbocycles. The first-order chi connectivity index (χ1) is 10.5. The highest BCUT2D eigenvalue weighted by atomic mass is 35.5. The first-order valence-electron chi connectivity index (χ1n) is 6.35. The average Bonchev–Trinajstić information content (AvgIpc) is 2.51. The Morgan fingerprint density at radius 3 is 2.23 bits per heavy atom. The van der Waals surface area contributed by atoms with Crippen LogP contribution in [0.4, 0.5) is 11.4 Å². The standard InChI is InChI=1S/C15H13Cl2N3OS/c1-18-12-7-10(16)11(17)8-13(12)19-15(22)20-14(21)9-5-3-2-4-6-9/h2-8,18H,1H3,(H2,19,20,21,22). The molecule has 7 heteroatoms. The third kappa shape index (κ3) is 4.10. The summed E-state index contributed by atoms with van der Waals surface area (Å²) in [6.07, 6.45) is 0. The maximum Gasteiger partial charge on any atom is 0.257 e. The van der Waals surface area contributed by atoms with Crippen LogP contribution in [0.5, 0.6) is 0 Å². The Kier molecular flexibility index (Phi) is 5.60. The summed E-state index contributed by atoms with van der Waals surface area (Å²) in [6.45, 7) is 0. The van der Waals surface area contributed by atoms with E-state index >= 15 is 0 Å². The Labute approximate surface area is 143 Å². The van der Waals surface area contributed by atoms with Gasteiger partial charge in [-0.25, -0.2) is 0 Å². The first-order valence-corrected chi connectivity index (χ1v) is 7.52. The van der Waals surface area contributed by atoms with E-state index in [2.05, 4.69) is 16.0 Å². The minimum Gasteiger partial charge on any atom is -0.386 e. The Bertz CT molecular complexity index is 707. The molecule has 0 aliphatic heterocycles. The van der Waals surface area contributed by atoms with E-state index < -0.39 is 0 Å². The zero-order chi connectivity index (χ0) is 16.1. The van der Waals surface area contributed by atoms with Crippen LogP contribution in [0.2, 0.25) is 10.0 Å². The lowest BCUT2D eigenvalue weighted by molar-refractivity contribution is 0.0978. The third-order valence-corrected chi connectivity index (χ3v) is 3.77. The molecule has 0 spiro atoms. The Morgan fingerprint density at radius 2 is 1.64 bits per heavy atom. The molecule has 0 aliphatic rings. The van der Waals surface area contributed by atoms with Crippen molar-refractivity contribution in [2.75, 3.05) is 17.7 Å². The molecule has 3 N–H and O–H groups in total. The second kappa shape index (κ2) is 7.45. The highest BCUT2D eigenvalue weighted by Gasteiger charge is 2.11. The number of halogens is 2. The molecular formula is C15H13Cl2N3OS. The number of carbonyl (C=O) groups is 1. The molecule has 4 nitrogen and oxygen atoms in total. The van der Waals surface area contributed by atoms with Crippen LogP contribution in [0.15, 0.2) is 42.5 Å². The van der Waals surface area contributed by atoms with Gasteiger partial charge in [-0.05, 0) is 36.5 Å². The van der Waals surface area contributed by atoms with Crippen molar-refractivity contribution >= 4 is 57.8 Å². The summed E-state index contributed by atoms with van der Waals surface area (Å²) in [4.78, 5) is 12.0.